The van der Waals surface area contributed by atoms with Gasteiger partial charge in [-0.15, -0.1) is 22.9 Å². The van der Waals surface area contributed by atoms with Crippen molar-refractivity contribution < 1.29 is 9.53 Å². The van der Waals surface area contributed by atoms with E-state index >= 15 is 0 Å². The zero-order chi connectivity index (χ0) is 13.0. The minimum atomic E-state index is -0.0832. The summed E-state index contributed by atoms with van der Waals surface area (Å²) in [6.45, 7) is 6.48. The van der Waals surface area contributed by atoms with E-state index in [0.717, 1.165) is 16.1 Å². The van der Waals surface area contributed by atoms with Crippen molar-refractivity contribution >= 4 is 34.5 Å². The first-order valence-corrected chi connectivity index (χ1v) is 6.86. The van der Waals surface area contributed by atoms with Crippen molar-refractivity contribution in [3.05, 3.63) is 15.8 Å². The Balaban J connectivity index is 3.02. The van der Waals surface area contributed by atoms with Gasteiger partial charge in [0, 0.05) is 12.0 Å². The second kappa shape index (κ2) is 6.38. The number of ether oxygens (including phenoxy) is 1. The Morgan fingerprint density at radius 2 is 2.24 bits per heavy atom. The number of hydrogen-bond acceptors (Lipinski definition) is 3. The molecule has 3 nitrogen and oxygen atoms in total. The van der Waals surface area contributed by atoms with Gasteiger partial charge in [-0.3, -0.25) is 4.79 Å². The van der Waals surface area contributed by atoms with Crippen molar-refractivity contribution in [1.29, 1.82) is 0 Å². The minimum absolute atomic E-state index is 0.00877. The van der Waals surface area contributed by atoms with E-state index in [-0.39, 0.29) is 17.9 Å². The van der Waals surface area contributed by atoms with Crippen molar-refractivity contribution in [2.75, 3.05) is 24.4 Å². The SMILES string of the molecule is COC(C)CN(C(=O)CCl)c1c(C)csc1C. The number of aryl methyl sites for hydroxylation is 2. The maximum Gasteiger partial charge on any atom is 0.242 e. The lowest BCUT2D eigenvalue weighted by Gasteiger charge is -2.25. The molecule has 0 saturated heterocycles. The lowest BCUT2D eigenvalue weighted by molar-refractivity contribution is -0.116. The molecule has 0 aliphatic rings. The summed E-state index contributed by atoms with van der Waals surface area (Å²) in [5.41, 5.74) is 2.08. The highest BCUT2D eigenvalue weighted by molar-refractivity contribution is 7.10. The Kier molecular flexibility index (Phi) is 5.43. The number of carbonyl (C=O) groups excluding carboxylic acids is 1. The summed E-state index contributed by atoms with van der Waals surface area (Å²) >= 11 is 7.31. The molecular formula is C12H18ClNO2S. The number of rotatable bonds is 5. The molecule has 1 amide bonds. The molecule has 1 heterocycles. The van der Waals surface area contributed by atoms with E-state index < -0.39 is 0 Å². The first-order valence-electron chi connectivity index (χ1n) is 5.45. The number of carbonyl (C=O) groups is 1. The zero-order valence-corrected chi connectivity index (χ0v) is 12.2. The van der Waals surface area contributed by atoms with Crippen molar-refractivity contribution in [1.82, 2.24) is 0 Å². The molecule has 0 bridgehead atoms. The van der Waals surface area contributed by atoms with Gasteiger partial charge in [0.2, 0.25) is 5.91 Å². The highest BCUT2D eigenvalue weighted by Crippen LogP contribution is 2.30. The van der Waals surface area contributed by atoms with Gasteiger partial charge in [-0.05, 0) is 31.7 Å². The number of nitrogens with zero attached hydrogens (tertiary/aromatic N) is 1. The largest absolute Gasteiger partial charge is 0.380 e. The summed E-state index contributed by atoms with van der Waals surface area (Å²) in [6, 6.07) is 0. The molecule has 1 rings (SSSR count). The van der Waals surface area contributed by atoms with Gasteiger partial charge in [0.25, 0.3) is 0 Å². The van der Waals surface area contributed by atoms with E-state index in [1.54, 1.807) is 23.3 Å². The van der Waals surface area contributed by atoms with Gasteiger partial charge in [-0.1, -0.05) is 0 Å². The number of thiophene rings is 1. The maximum absolute atomic E-state index is 11.9. The van der Waals surface area contributed by atoms with Crippen LogP contribution in [0.2, 0.25) is 0 Å². The summed E-state index contributed by atoms with van der Waals surface area (Å²) in [5.74, 6) is -0.0919. The van der Waals surface area contributed by atoms with E-state index in [1.807, 2.05) is 20.8 Å². The van der Waals surface area contributed by atoms with E-state index in [0.29, 0.717) is 6.54 Å². The lowest BCUT2D eigenvalue weighted by atomic mass is 10.2. The average molecular weight is 276 g/mol. The van der Waals surface area contributed by atoms with E-state index in [1.165, 1.54) is 0 Å². The number of anilines is 1. The van der Waals surface area contributed by atoms with Crippen LogP contribution in [0.3, 0.4) is 0 Å². The van der Waals surface area contributed by atoms with Crippen LogP contribution in [-0.4, -0.2) is 31.5 Å². The second-order valence-electron chi connectivity index (χ2n) is 4.01. The molecule has 5 heteroatoms. The fourth-order valence-electron chi connectivity index (χ4n) is 1.69. The van der Waals surface area contributed by atoms with Crippen LogP contribution >= 0.6 is 22.9 Å². The highest BCUT2D eigenvalue weighted by Gasteiger charge is 2.21. The van der Waals surface area contributed by atoms with Crippen LogP contribution in [-0.2, 0) is 9.53 Å². The molecule has 0 aliphatic carbocycles. The Morgan fingerprint density at radius 1 is 1.59 bits per heavy atom. The summed E-state index contributed by atoms with van der Waals surface area (Å²) in [4.78, 5) is 14.8. The Bertz CT molecular complexity index is 372. The normalized spacial score (nSPS) is 12.5. The average Bonchev–Trinajstić information content (AvgIpc) is 2.65. The molecule has 0 spiro atoms. The maximum atomic E-state index is 11.9. The number of halogens is 1. The minimum Gasteiger partial charge on any atom is -0.380 e. The summed E-state index contributed by atoms with van der Waals surface area (Å²) in [6.07, 6.45) is -0.0131. The molecule has 0 N–H and O–H groups in total. The molecule has 1 unspecified atom stereocenters. The van der Waals surface area contributed by atoms with E-state index in [9.17, 15) is 4.79 Å². The third-order valence-corrected chi connectivity index (χ3v) is 3.89. The van der Waals surface area contributed by atoms with Crippen LogP contribution in [0.4, 0.5) is 5.69 Å². The number of methoxy groups -OCH3 is 1. The summed E-state index contributed by atoms with van der Waals surface area (Å²) < 4.78 is 5.22. The van der Waals surface area contributed by atoms with Crippen LogP contribution in [0.15, 0.2) is 5.38 Å². The Labute approximate surface area is 111 Å². The topological polar surface area (TPSA) is 29.5 Å². The molecular weight excluding hydrogens is 258 g/mol. The fraction of sp³-hybridized carbons (Fsp3) is 0.583. The number of alkyl halides is 1. The molecule has 1 atom stereocenters. The van der Waals surface area contributed by atoms with Gasteiger partial charge >= 0.3 is 0 Å². The van der Waals surface area contributed by atoms with Gasteiger partial charge < -0.3 is 9.64 Å². The monoisotopic (exact) mass is 275 g/mol. The third kappa shape index (κ3) is 3.44. The van der Waals surface area contributed by atoms with Gasteiger partial charge in [0.15, 0.2) is 0 Å². The number of hydrogen-bond donors (Lipinski definition) is 0. The number of amides is 1. The molecule has 0 fully saturated rings. The van der Waals surface area contributed by atoms with Gasteiger partial charge in [-0.2, -0.15) is 0 Å². The Morgan fingerprint density at radius 3 is 2.65 bits per heavy atom. The van der Waals surface area contributed by atoms with Crippen molar-refractivity contribution in [3.63, 3.8) is 0 Å². The fourth-order valence-corrected chi connectivity index (χ4v) is 2.68. The molecule has 1 aromatic rings. The molecule has 0 radical (unpaired) electrons. The summed E-state index contributed by atoms with van der Waals surface area (Å²) in [7, 11) is 1.64. The molecule has 17 heavy (non-hydrogen) atoms. The molecule has 0 aliphatic heterocycles. The summed E-state index contributed by atoms with van der Waals surface area (Å²) in [5, 5.41) is 2.05. The van der Waals surface area contributed by atoms with Crippen LogP contribution in [0.5, 0.6) is 0 Å². The van der Waals surface area contributed by atoms with Crippen LogP contribution < -0.4 is 4.90 Å². The van der Waals surface area contributed by atoms with Crippen molar-refractivity contribution in [2.45, 2.75) is 26.9 Å². The quantitative estimate of drug-likeness (QED) is 0.773. The molecule has 0 saturated carbocycles. The standard InChI is InChI=1S/C12H18ClNO2S/c1-8-7-17-10(3)12(8)14(11(15)5-13)6-9(2)16-4/h7,9H,5-6H2,1-4H3. The molecule has 1 aromatic heterocycles. The van der Waals surface area contributed by atoms with Crippen LogP contribution in [0, 0.1) is 13.8 Å². The second-order valence-corrected chi connectivity index (χ2v) is 5.36. The molecule has 0 aromatic carbocycles. The van der Waals surface area contributed by atoms with Gasteiger partial charge in [0.1, 0.15) is 5.88 Å². The zero-order valence-electron chi connectivity index (χ0n) is 10.6. The van der Waals surface area contributed by atoms with Crippen molar-refractivity contribution in [2.24, 2.45) is 0 Å². The van der Waals surface area contributed by atoms with Crippen LogP contribution in [0.1, 0.15) is 17.4 Å². The smallest absolute Gasteiger partial charge is 0.242 e. The Hall–Kier alpha value is -0.580. The molecule has 96 valence electrons. The lowest BCUT2D eigenvalue weighted by Crippen LogP contribution is -2.38. The van der Waals surface area contributed by atoms with Gasteiger partial charge in [-0.25, -0.2) is 0 Å². The van der Waals surface area contributed by atoms with E-state index in [2.05, 4.69) is 5.38 Å². The van der Waals surface area contributed by atoms with E-state index in [4.69, 9.17) is 16.3 Å². The first kappa shape index (κ1) is 14.5. The first-order chi connectivity index (χ1) is 8.01. The van der Waals surface area contributed by atoms with Crippen LogP contribution in [0.25, 0.3) is 0 Å². The third-order valence-electron chi connectivity index (χ3n) is 2.65. The predicted molar refractivity (Wildman–Crippen MR) is 73.3 cm³/mol. The highest BCUT2D eigenvalue weighted by atomic mass is 35.5. The predicted octanol–water partition coefficient (Wildman–Crippen LogP) is 2.97. The van der Waals surface area contributed by atoms with Gasteiger partial charge in [0.05, 0.1) is 18.3 Å². The van der Waals surface area contributed by atoms with Crippen molar-refractivity contribution in [3.8, 4) is 0 Å².